The van der Waals surface area contributed by atoms with Gasteiger partial charge in [-0.1, -0.05) is 26.0 Å². The third-order valence-corrected chi connectivity index (χ3v) is 5.86. The lowest BCUT2D eigenvalue weighted by atomic mass is 10.0. The van der Waals surface area contributed by atoms with Gasteiger partial charge in [0.1, 0.15) is 17.4 Å². The van der Waals surface area contributed by atoms with Crippen LogP contribution in [0.5, 0.6) is 5.75 Å². The van der Waals surface area contributed by atoms with Crippen LogP contribution in [0, 0.1) is 17.6 Å². The second kappa shape index (κ2) is 14.7. The Morgan fingerprint density at radius 2 is 1.59 bits per heavy atom. The Morgan fingerprint density at radius 3 is 2.08 bits per heavy atom. The van der Waals surface area contributed by atoms with Gasteiger partial charge in [0, 0.05) is 25.2 Å². The summed E-state index contributed by atoms with van der Waals surface area (Å²) in [4.78, 5) is 25.9. The van der Waals surface area contributed by atoms with Crippen LogP contribution in [0.25, 0.3) is 0 Å². The Kier molecular flexibility index (Phi) is 12.0. The molecule has 0 atom stereocenters. The Hall–Kier alpha value is -3.41. The van der Waals surface area contributed by atoms with Crippen LogP contribution < -0.4 is 10.1 Å². The molecular weight excluding hydrogens is 525 g/mol. The molecule has 1 fully saturated rings. The zero-order valence-electron chi connectivity index (χ0n) is 22.1. The number of alkyl halides is 3. The minimum Gasteiger partial charge on any atom is -0.493 e. The highest BCUT2D eigenvalue weighted by atomic mass is 19.4. The maximum Gasteiger partial charge on any atom is 0.490 e. The molecule has 1 aliphatic heterocycles. The molecule has 1 saturated heterocycles. The number of piperidine rings is 1. The Bertz CT molecular complexity index is 1050. The molecule has 0 aliphatic carbocycles. The van der Waals surface area contributed by atoms with E-state index in [0.717, 1.165) is 43.3 Å². The van der Waals surface area contributed by atoms with Gasteiger partial charge in [-0.05, 0) is 74.3 Å². The summed E-state index contributed by atoms with van der Waals surface area (Å²) >= 11 is 0. The van der Waals surface area contributed by atoms with Crippen molar-refractivity contribution < 1.29 is 41.4 Å². The van der Waals surface area contributed by atoms with Gasteiger partial charge in [0.25, 0.3) is 0 Å². The number of rotatable bonds is 8. The van der Waals surface area contributed by atoms with Gasteiger partial charge < -0.3 is 25.0 Å². The van der Waals surface area contributed by atoms with E-state index in [4.69, 9.17) is 14.6 Å². The molecule has 0 bridgehead atoms. The monoisotopic (exact) mass is 559 g/mol. The SMILES string of the molecule is CC(C)COc1ccc(CNC(=O)N(Cc2cc(F)cc(F)c2)C2CCN(C)CC2)cc1.O=C(O)C(F)(F)F. The van der Waals surface area contributed by atoms with Crippen LogP contribution in [0.15, 0.2) is 42.5 Å². The van der Waals surface area contributed by atoms with Gasteiger partial charge in [0.05, 0.1) is 6.61 Å². The second-order valence-electron chi connectivity index (χ2n) is 9.75. The number of carbonyl (C=O) groups excluding carboxylic acids is 1. The number of carboxylic acids is 1. The van der Waals surface area contributed by atoms with E-state index in [0.29, 0.717) is 24.6 Å². The number of likely N-dealkylation sites (tertiary alicyclic amines) is 1. The standard InChI is InChI=1S/C25H33F2N3O2.C2HF3O2/c1-18(2)17-32-24-6-4-19(5-7-24)15-28-25(31)30(23-8-10-29(3)11-9-23)16-20-12-21(26)14-22(27)13-20;3-2(4,5)1(6)7/h4-7,12-14,18,23H,8-11,15-17H2,1-3H3,(H,28,31);(H,6,7). The molecule has 0 aromatic heterocycles. The number of carboxylic acid groups (broad SMARTS) is 1. The Labute approximate surface area is 224 Å². The highest BCUT2D eigenvalue weighted by molar-refractivity contribution is 5.74. The molecule has 39 heavy (non-hydrogen) atoms. The van der Waals surface area contributed by atoms with Crippen molar-refractivity contribution in [2.75, 3.05) is 26.7 Å². The van der Waals surface area contributed by atoms with Crippen molar-refractivity contribution in [3.8, 4) is 5.75 Å². The van der Waals surface area contributed by atoms with E-state index in [2.05, 4.69) is 31.1 Å². The minimum atomic E-state index is -5.08. The molecule has 2 N–H and O–H groups in total. The fourth-order valence-electron chi connectivity index (χ4n) is 3.82. The summed E-state index contributed by atoms with van der Waals surface area (Å²) in [6.45, 7) is 7.13. The van der Waals surface area contributed by atoms with Crippen LogP contribution in [0.3, 0.4) is 0 Å². The molecule has 3 rings (SSSR count). The number of nitrogens with zero attached hydrogens (tertiary/aromatic N) is 2. The molecular formula is C27H34F5N3O4. The van der Waals surface area contributed by atoms with E-state index < -0.39 is 23.8 Å². The van der Waals surface area contributed by atoms with Crippen molar-refractivity contribution in [3.05, 3.63) is 65.2 Å². The van der Waals surface area contributed by atoms with Crippen LogP contribution in [0.2, 0.25) is 0 Å². The van der Waals surface area contributed by atoms with Crippen LogP contribution in [0.4, 0.5) is 26.7 Å². The van der Waals surface area contributed by atoms with Crippen LogP contribution in [0.1, 0.15) is 37.8 Å². The van der Waals surface area contributed by atoms with Crippen molar-refractivity contribution >= 4 is 12.0 Å². The fraction of sp³-hybridized carbons (Fsp3) is 0.481. The highest BCUT2D eigenvalue weighted by Crippen LogP contribution is 2.20. The number of urea groups is 1. The molecule has 0 radical (unpaired) electrons. The van der Waals surface area contributed by atoms with E-state index >= 15 is 0 Å². The average molecular weight is 560 g/mol. The molecule has 2 amide bonds. The average Bonchev–Trinajstić information content (AvgIpc) is 2.85. The maximum atomic E-state index is 13.7. The third-order valence-electron chi connectivity index (χ3n) is 5.86. The van der Waals surface area contributed by atoms with Gasteiger partial charge in [0.15, 0.2) is 0 Å². The summed E-state index contributed by atoms with van der Waals surface area (Å²) in [6.07, 6.45) is -3.44. The first-order valence-electron chi connectivity index (χ1n) is 12.4. The van der Waals surface area contributed by atoms with E-state index in [1.165, 1.54) is 12.1 Å². The highest BCUT2D eigenvalue weighted by Gasteiger charge is 2.38. The number of amides is 2. The summed E-state index contributed by atoms with van der Waals surface area (Å²) in [5, 5.41) is 10.1. The molecule has 2 aromatic carbocycles. The summed E-state index contributed by atoms with van der Waals surface area (Å²) in [7, 11) is 2.05. The van der Waals surface area contributed by atoms with Crippen molar-refractivity contribution in [2.45, 2.75) is 52.0 Å². The van der Waals surface area contributed by atoms with E-state index in [1.54, 1.807) is 4.90 Å². The number of aliphatic carboxylic acids is 1. The number of halogens is 5. The predicted molar refractivity (Wildman–Crippen MR) is 135 cm³/mol. The maximum absolute atomic E-state index is 13.7. The zero-order valence-corrected chi connectivity index (χ0v) is 22.1. The molecule has 7 nitrogen and oxygen atoms in total. The molecule has 0 saturated carbocycles. The second-order valence-corrected chi connectivity index (χ2v) is 9.75. The van der Waals surface area contributed by atoms with Gasteiger partial charge in [-0.2, -0.15) is 13.2 Å². The number of carbonyl (C=O) groups is 2. The quantitative estimate of drug-likeness (QED) is 0.421. The number of hydrogen-bond acceptors (Lipinski definition) is 4. The third kappa shape index (κ3) is 11.5. The lowest BCUT2D eigenvalue weighted by Gasteiger charge is -2.37. The van der Waals surface area contributed by atoms with Gasteiger partial charge in [-0.25, -0.2) is 18.4 Å². The summed E-state index contributed by atoms with van der Waals surface area (Å²) in [5.74, 6) is -2.78. The van der Waals surface area contributed by atoms with E-state index in [9.17, 15) is 26.7 Å². The van der Waals surface area contributed by atoms with Gasteiger partial charge >= 0.3 is 18.2 Å². The number of hydrogen-bond donors (Lipinski definition) is 2. The van der Waals surface area contributed by atoms with Crippen molar-refractivity contribution in [1.29, 1.82) is 0 Å². The smallest absolute Gasteiger partial charge is 0.490 e. The van der Waals surface area contributed by atoms with E-state index in [-0.39, 0.29) is 18.6 Å². The first-order chi connectivity index (χ1) is 18.2. The number of ether oxygens (including phenoxy) is 1. The largest absolute Gasteiger partial charge is 0.493 e. The van der Waals surface area contributed by atoms with Crippen LogP contribution in [-0.2, 0) is 17.9 Å². The molecule has 1 heterocycles. The Balaban J connectivity index is 0.000000673. The van der Waals surface area contributed by atoms with Gasteiger partial charge in [-0.3, -0.25) is 0 Å². The van der Waals surface area contributed by atoms with Crippen molar-refractivity contribution in [2.24, 2.45) is 5.92 Å². The summed E-state index contributed by atoms with van der Waals surface area (Å²) < 4.78 is 64.8. The topological polar surface area (TPSA) is 82.1 Å². The lowest BCUT2D eigenvalue weighted by Crippen LogP contribution is -2.49. The van der Waals surface area contributed by atoms with Crippen LogP contribution >= 0.6 is 0 Å². The van der Waals surface area contributed by atoms with Gasteiger partial charge in [0.2, 0.25) is 0 Å². The van der Waals surface area contributed by atoms with E-state index in [1.807, 2.05) is 24.3 Å². The first kappa shape index (κ1) is 31.8. The predicted octanol–water partition coefficient (Wildman–Crippen LogP) is 5.44. The van der Waals surface area contributed by atoms with Crippen molar-refractivity contribution in [1.82, 2.24) is 15.1 Å². The van der Waals surface area contributed by atoms with Crippen LogP contribution in [-0.4, -0.2) is 65.9 Å². The molecule has 0 spiro atoms. The van der Waals surface area contributed by atoms with Crippen molar-refractivity contribution in [3.63, 3.8) is 0 Å². The number of benzene rings is 2. The normalized spacial score (nSPS) is 14.4. The fourth-order valence-corrected chi connectivity index (χ4v) is 3.82. The molecule has 1 aliphatic rings. The zero-order chi connectivity index (χ0) is 29.2. The summed E-state index contributed by atoms with van der Waals surface area (Å²) in [5.41, 5.74) is 1.40. The minimum absolute atomic E-state index is 0.0179. The Morgan fingerprint density at radius 1 is 1.05 bits per heavy atom. The summed E-state index contributed by atoms with van der Waals surface area (Å²) in [6, 6.07) is 10.9. The van der Waals surface area contributed by atoms with Gasteiger partial charge in [-0.15, -0.1) is 0 Å². The lowest BCUT2D eigenvalue weighted by molar-refractivity contribution is -0.192. The first-order valence-corrected chi connectivity index (χ1v) is 12.4. The molecule has 0 unspecified atom stereocenters. The molecule has 2 aromatic rings. The molecule has 12 heteroatoms. The molecule has 216 valence electrons. The number of nitrogens with one attached hydrogen (secondary N) is 1.